The highest BCUT2D eigenvalue weighted by Crippen LogP contribution is 2.49. The van der Waals surface area contributed by atoms with Crippen LogP contribution in [0.25, 0.3) is 0 Å². The van der Waals surface area contributed by atoms with Crippen molar-refractivity contribution in [3.8, 4) is 11.5 Å². The van der Waals surface area contributed by atoms with Gasteiger partial charge in [0, 0.05) is 25.6 Å². The van der Waals surface area contributed by atoms with Crippen LogP contribution >= 0.6 is 11.3 Å². The fourth-order valence-corrected chi connectivity index (χ4v) is 3.67. The molecule has 126 valence electrons. The quantitative estimate of drug-likeness (QED) is 0.647. The number of fused-ring (bicyclic) bond motifs is 1. The Balaban J connectivity index is 1.37. The second-order valence-electron chi connectivity index (χ2n) is 6.26. The minimum Gasteiger partial charge on any atom is -0.454 e. The topological polar surface area (TPSA) is 54.9 Å². The number of guanidine groups is 1. The standard InChI is InChI=1S/C18H21N3O2S/c1-19-17(20-9-13-4-7-24-10-13)21-11-18(5-6-18)14-2-3-15-16(8-14)23-12-22-15/h2-4,7-8,10H,5-6,9,11-12H2,1H3,(H2,19,20,21). The molecule has 1 aliphatic carbocycles. The molecule has 24 heavy (non-hydrogen) atoms. The van der Waals surface area contributed by atoms with Crippen molar-refractivity contribution in [1.82, 2.24) is 10.6 Å². The van der Waals surface area contributed by atoms with Crippen LogP contribution in [0, 0.1) is 0 Å². The van der Waals surface area contributed by atoms with Crippen LogP contribution < -0.4 is 20.1 Å². The van der Waals surface area contributed by atoms with Gasteiger partial charge in [0.1, 0.15) is 0 Å². The van der Waals surface area contributed by atoms with Gasteiger partial charge in [-0.2, -0.15) is 11.3 Å². The van der Waals surface area contributed by atoms with Gasteiger partial charge >= 0.3 is 0 Å². The molecular formula is C18H21N3O2S. The number of hydrogen-bond donors (Lipinski definition) is 2. The summed E-state index contributed by atoms with van der Waals surface area (Å²) in [5, 5.41) is 11.1. The van der Waals surface area contributed by atoms with Gasteiger partial charge in [0.05, 0.1) is 0 Å². The number of hydrogen-bond acceptors (Lipinski definition) is 4. The highest BCUT2D eigenvalue weighted by atomic mass is 32.1. The summed E-state index contributed by atoms with van der Waals surface area (Å²) in [4.78, 5) is 4.32. The molecule has 2 aromatic rings. The normalized spacial score (nSPS) is 17.6. The molecule has 0 unspecified atom stereocenters. The molecule has 0 bridgehead atoms. The van der Waals surface area contributed by atoms with Gasteiger partial charge in [0.15, 0.2) is 17.5 Å². The SMILES string of the molecule is CN=C(NCc1ccsc1)NCC1(c2ccc3c(c2)OCO3)CC1. The van der Waals surface area contributed by atoms with Crippen LogP contribution in [0.1, 0.15) is 24.0 Å². The molecule has 1 aliphatic heterocycles. The summed E-state index contributed by atoms with van der Waals surface area (Å²) in [5.41, 5.74) is 2.77. The molecule has 1 aromatic carbocycles. The zero-order chi connectivity index (χ0) is 16.4. The molecule has 1 saturated carbocycles. The van der Waals surface area contributed by atoms with E-state index in [9.17, 15) is 0 Å². The number of nitrogens with one attached hydrogen (secondary N) is 2. The van der Waals surface area contributed by atoms with Gasteiger partial charge in [-0.05, 0) is 52.9 Å². The lowest BCUT2D eigenvalue weighted by Gasteiger charge is -2.19. The van der Waals surface area contributed by atoms with E-state index in [1.54, 1.807) is 11.3 Å². The van der Waals surface area contributed by atoms with E-state index >= 15 is 0 Å². The predicted octanol–water partition coefficient (Wildman–Crippen LogP) is 2.87. The Morgan fingerprint density at radius 1 is 1.21 bits per heavy atom. The number of thiophene rings is 1. The lowest BCUT2D eigenvalue weighted by atomic mass is 9.95. The van der Waals surface area contributed by atoms with Gasteiger partial charge in [-0.3, -0.25) is 4.99 Å². The Morgan fingerprint density at radius 3 is 2.83 bits per heavy atom. The van der Waals surface area contributed by atoms with Crippen molar-refractivity contribution >= 4 is 17.3 Å². The van der Waals surface area contributed by atoms with Gasteiger partial charge < -0.3 is 20.1 Å². The van der Waals surface area contributed by atoms with E-state index in [-0.39, 0.29) is 5.41 Å². The van der Waals surface area contributed by atoms with Crippen LogP contribution in [-0.4, -0.2) is 26.3 Å². The van der Waals surface area contributed by atoms with E-state index in [0.29, 0.717) is 6.79 Å². The van der Waals surface area contributed by atoms with Crippen molar-refractivity contribution in [3.63, 3.8) is 0 Å². The maximum Gasteiger partial charge on any atom is 0.231 e. The third-order valence-corrected chi connectivity index (χ3v) is 5.43. The Labute approximate surface area is 145 Å². The summed E-state index contributed by atoms with van der Waals surface area (Å²) in [6.45, 7) is 1.99. The first-order valence-electron chi connectivity index (χ1n) is 8.15. The van der Waals surface area contributed by atoms with E-state index in [2.05, 4.69) is 44.6 Å². The minimum absolute atomic E-state index is 0.182. The fourth-order valence-electron chi connectivity index (χ4n) is 3.00. The molecule has 0 amide bonds. The first kappa shape index (κ1) is 15.3. The molecular weight excluding hydrogens is 322 g/mol. The molecule has 2 aliphatic rings. The van der Waals surface area contributed by atoms with Crippen molar-refractivity contribution in [2.24, 2.45) is 4.99 Å². The molecule has 6 heteroatoms. The van der Waals surface area contributed by atoms with Crippen molar-refractivity contribution in [1.29, 1.82) is 0 Å². The number of aliphatic imine (C=N–C) groups is 1. The van der Waals surface area contributed by atoms with Crippen molar-refractivity contribution < 1.29 is 9.47 Å². The predicted molar refractivity (Wildman–Crippen MR) is 96.0 cm³/mol. The lowest BCUT2D eigenvalue weighted by molar-refractivity contribution is 0.174. The average Bonchev–Trinajstić information content (AvgIpc) is 3.01. The second-order valence-corrected chi connectivity index (χ2v) is 7.04. The van der Waals surface area contributed by atoms with Gasteiger partial charge in [0.2, 0.25) is 6.79 Å². The van der Waals surface area contributed by atoms with Crippen molar-refractivity contribution in [3.05, 3.63) is 46.2 Å². The summed E-state index contributed by atoms with van der Waals surface area (Å²) in [6, 6.07) is 8.42. The summed E-state index contributed by atoms with van der Waals surface area (Å²) in [6.07, 6.45) is 2.36. The van der Waals surface area contributed by atoms with Crippen molar-refractivity contribution in [2.75, 3.05) is 20.4 Å². The molecule has 0 radical (unpaired) electrons. The van der Waals surface area contributed by atoms with Crippen LogP contribution in [0.5, 0.6) is 11.5 Å². The summed E-state index contributed by atoms with van der Waals surface area (Å²) in [7, 11) is 1.81. The molecule has 1 fully saturated rings. The van der Waals surface area contributed by atoms with Gasteiger partial charge in [0.25, 0.3) is 0 Å². The second kappa shape index (κ2) is 6.36. The number of rotatable bonds is 5. The molecule has 1 aromatic heterocycles. The summed E-state index contributed by atoms with van der Waals surface area (Å²) in [5.74, 6) is 2.54. The first-order chi connectivity index (χ1) is 11.8. The van der Waals surface area contributed by atoms with E-state index in [0.717, 1.165) is 30.5 Å². The number of nitrogens with zero attached hydrogens (tertiary/aromatic N) is 1. The number of ether oxygens (including phenoxy) is 2. The van der Waals surface area contributed by atoms with Crippen molar-refractivity contribution in [2.45, 2.75) is 24.8 Å². The van der Waals surface area contributed by atoms with Gasteiger partial charge in [-0.1, -0.05) is 6.07 Å². The smallest absolute Gasteiger partial charge is 0.231 e. The average molecular weight is 343 g/mol. The Kier molecular flexibility index (Phi) is 4.06. The minimum atomic E-state index is 0.182. The summed E-state index contributed by atoms with van der Waals surface area (Å²) >= 11 is 1.71. The van der Waals surface area contributed by atoms with E-state index < -0.39 is 0 Å². The number of benzene rings is 1. The molecule has 0 atom stereocenters. The third-order valence-electron chi connectivity index (χ3n) is 4.70. The Hall–Kier alpha value is -2.21. The monoisotopic (exact) mass is 343 g/mol. The van der Waals surface area contributed by atoms with E-state index in [1.807, 2.05) is 13.1 Å². The Bertz CT molecular complexity index is 739. The third kappa shape index (κ3) is 3.06. The molecule has 2 heterocycles. The zero-order valence-electron chi connectivity index (χ0n) is 13.7. The summed E-state index contributed by atoms with van der Waals surface area (Å²) < 4.78 is 10.9. The highest BCUT2D eigenvalue weighted by molar-refractivity contribution is 7.07. The van der Waals surface area contributed by atoms with Crippen LogP contribution in [0.3, 0.4) is 0 Å². The zero-order valence-corrected chi connectivity index (χ0v) is 14.5. The largest absolute Gasteiger partial charge is 0.454 e. The molecule has 4 rings (SSSR count). The van der Waals surface area contributed by atoms with E-state index in [1.165, 1.54) is 24.0 Å². The highest BCUT2D eigenvalue weighted by Gasteiger charge is 2.44. The maximum absolute atomic E-state index is 5.51. The van der Waals surface area contributed by atoms with E-state index in [4.69, 9.17) is 9.47 Å². The maximum atomic E-state index is 5.51. The van der Waals surface area contributed by atoms with Gasteiger partial charge in [-0.25, -0.2) is 0 Å². The first-order valence-corrected chi connectivity index (χ1v) is 9.09. The van der Waals surface area contributed by atoms with Crippen LogP contribution in [0.4, 0.5) is 0 Å². The lowest BCUT2D eigenvalue weighted by Crippen LogP contribution is -2.40. The molecule has 2 N–H and O–H groups in total. The molecule has 5 nitrogen and oxygen atoms in total. The van der Waals surface area contributed by atoms with Crippen LogP contribution in [-0.2, 0) is 12.0 Å². The van der Waals surface area contributed by atoms with Crippen LogP contribution in [0.15, 0.2) is 40.0 Å². The Morgan fingerprint density at radius 2 is 2.08 bits per heavy atom. The molecule has 0 saturated heterocycles. The van der Waals surface area contributed by atoms with Crippen LogP contribution in [0.2, 0.25) is 0 Å². The molecule has 0 spiro atoms. The van der Waals surface area contributed by atoms with Gasteiger partial charge in [-0.15, -0.1) is 0 Å². The fraction of sp³-hybridized carbons (Fsp3) is 0.389.